The molecule has 0 bridgehead atoms. The van der Waals surface area contributed by atoms with Gasteiger partial charge in [0.05, 0.1) is 9.79 Å². The summed E-state index contributed by atoms with van der Waals surface area (Å²) in [5.41, 5.74) is 3.90. The number of benzene rings is 2. The van der Waals surface area contributed by atoms with Crippen LogP contribution in [0.3, 0.4) is 0 Å². The molecular weight excluding hydrogens is 480 g/mol. The number of hydrogen-bond acceptors (Lipinski definition) is 4. The van der Waals surface area contributed by atoms with E-state index in [9.17, 15) is 16.8 Å². The first-order valence-corrected chi connectivity index (χ1v) is 15.1. The van der Waals surface area contributed by atoms with Gasteiger partial charge in [-0.3, -0.25) is 0 Å². The average Bonchev–Trinajstić information content (AvgIpc) is 3.18. The second-order valence-corrected chi connectivity index (χ2v) is 14.9. The molecule has 35 heavy (non-hydrogen) atoms. The SMILES string of the molecule is Cc1ccc(S(=O)(=O)N2CC[C@]3(C)CC[C@@]4(C)CN(S(=O)(=O)c5ccc(C)cc5)CC4=C3C2)cc1. The summed E-state index contributed by atoms with van der Waals surface area (Å²) in [4.78, 5) is 0.622. The van der Waals surface area contributed by atoms with E-state index in [0.29, 0.717) is 36.0 Å². The van der Waals surface area contributed by atoms with Gasteiger partial charge in [-0.25, -0.2) is 16.8 Å². The molecule has 1 aliphatic carbocycles. The lowest BCUT2D eigenvalue weighted by Gasteiger charge is -2.48. The second kappa shape index (κ2) is 8.26. The summed E-state index contributed by atoms with van der Waals surface area (Å²) >= 11 is 0. The molecule has 0 unspecified atom stereocenters. The van der Waals surface area contributed by atoms with Crippen LogP contribution in [0.4, 0.5) is 0 Å². The highest BCUT2D eigenvalue weighted by atomic mass is 32.2. The Kier molecular flexibility index (Phi) is 5.83. The summed E-state index contributed by atoms with van der Waals surface area (Å²) in [6, 6.07) is 14.0. The van der Waals surface area contributed by atoms with Crippen LogP contribution in [0.5, 0.6) is 0 Å². The third kappa shape index (κ3) is 4.08. The molecule has 0 radical (unpaired) electrons. The average molecular weight is 515 g/mol. The lowest BCUT2D eigenvalue weighted by atomic mass is 9.60. The third-order valence-electron chi connectivity index (χ3n) is 8.47. The Morgan fingerprint density at radius 3 is 1.60 bits per heavy atom. The molecule has 2 atom stereocenters. The van der Waals surface area contributed by atoms with E-state index in [2.05, 4.69) is 13.8 Å². The van der Waals surface area contributed by atoms with Gasteiger partial charge in [-0.1, -0.05) is 49.2 Å². The Hall–Kier alpha value is -2.00. The zero-order valence-corrected chi connectivity index (χ0v) is 22.5. The summed E-state index contributed by atoms with van der Waals surface area (Å²) in [5.74, 6) is 0. The molecule has 0 amide bonds. The largest absolute Gasteiger partial charge is 0.243 e. The Balaban J connectivity index is 1.51. The molecule has 0 spiro atoms. The number of hydrogen-bond donors (Lipinski definition) is 0. The Bertz CT molecular complexity index is 1400. The molecule has 188 valence electrons. The predicted octanol–water partition coefficient (Wildman–Crippen LogP) is 4.51. The minimum Gasteiger partial charge on any atom is -0.207 e. The van der Waals surface area contributed by atoms with E-state index in [-0.39, 0.29) is 10.8 Å². The molecule has 3 aliphatic rings. The van der Waals surface area contributed by atoms with Gasteiger partial charge in [-0.15, -0.1) is 0 Å². The number of rotatable bonds is 4. The molecule has 6 nitrogen and oxygen atoms in total. The number of aryl methyl sites for hydroxylation is 2. The predicted molar refractivity (Wildman–Crippen MR) is 137 cm³/mol. The summed E-state index contributed by atoms with van der Waals surface area (Å²) in [6.45, 7) is 9.82. The van der Waals surface area contributed by atoms with Crippen LogP contribution in [0.25, 0.3) is 0 Å². The molecule has 0 saturated carbocycles. The van der Waals surface area contributed by atoms with Crippen molar-refractivity contribution in [3.63, 3.8) is 0 Å². The maximum Gasteiger partial charge on any atom is 0.243 e. The second-order valence-electron chi connectivity index (χ2n) is 11.1. The van der Waals surface area contributed by atoms with E-state index in [1.165, 1.54) is 0 Å². The highest BCUT2D eigenvalue weighted by Gasteiger charge is 2.52. The standard InChI is InChI=1S/C27H34N2O4S2/c1-20-5-9-22(10-6-20)34(30,31)28-16-15-26(3)13-14-27(4)19-29(18-25(27)24(26)17-28)35(32,33)23-11-7-21(2)8-12-23/h5-12H,13-19H2,1-4H3/t26-,27-/m0/s1. The van der Waals surface area contributed by atoms with Gasteiger partial charge in [0.1, 0.15) is 0 Å². The van der Waals surface area contributed by atoms with Gasteiger partial charge < -0.3 is 0 Å². The molecule has 2 aromatic rings. The molecule has 2 aromatic carbocycles. The molecule has 0 aromatic heterocycles. The Morgan fingerprint density at radius 1 is 0.629 bits per heavy atom. The van der Waals surface area contributed by atoms with Crippen molar-refractivity contribution in [2.45, 2.75) is 56.7 Å². The molecule has 2 fully saturated rings. The van der Waals surface area contributed by atoms with Crippen LogP contribution in [-0.4, -0.2) is 51.6 Å². The van der Waals surface area contributed by atoms with E-state index in [1.54, 1.807) is 32.9 Å². The van der Waals surface area contributed by atoms with Gasteiger partial charge in [0.25, 0.3) is 0 Å². The molecule has 0 N–H and O–H groups in total. The van der Waals surface area contributed by atoms with Gasteiger partial charge >= 0.3 is 0 Å². The van der Waals surface area contributed by atoms with Crippen molar-refractivity contribution in [3.8, 4) is 0 Å². The Labute approximate surface area is 209 Å². The van der Waals surface area contributed by atoms with E-state index >= 15 is 0 Å². The molecular formula is C27H34N2O4S2. The van der Waals surface area contributed by atoms with Crippen LogP contribution in [0.2, 0.25) is 0 Å². The molecule has 2 heterocycles. The summed E-state index contributed by atoms with van der Waals surface area (Å²) in [5, 5.41) is 0. The first-order valence-electron chi connectivity index (χ1n) is 12.2. The zero-order valence-electron chi connectivity index (χ0n) is 20.9. The van der Waals surface area contributed by atoms with Crippen LogP contribution in [0.15, 0.2) is 69.5 Å². The van der Waals surface area contributed by atoms with E-state index in [1.807, 2.05) is 38.1 Å². The fourth-order valence-electron chi connectivity index (χ4n) is 5.95. The van der Waals surface area contributed by atoms with Gasteiger partial charge in [0.15, 0.2) is 0 Å². The lowest BCUT2D eigenvalue weighted by Crippen LogP contribution is -2.47. The minimum absolute atomic E-state index is 0.0994. The van der Waals surface area contributed by atoms with Crippen molar-refractivity contribution in [2.24, 2.45) is 10.8 Å². The number of sulfonamides is 2. The van der Waals surface area contributed by atoms with Crippen molar-refractivity contribution in [3.05, 3.63) is 70.8 Å². The molecule has 5 rings (SSSR count). The van der Waals surface area contributed by atoms with Crippen LogP contribution in [-0.2, 0) is 20.0 Å². The topological polar surface area (TPSA) is 74.8 Å². The summed E-state index contributed by atoms with van der Waals surface area (Å²) in [7, 11) is -7.26. The van der Waals surface area contributed by atoms with E-state index in [0.717, 1.165) is 41.5 Å². The third-order valence-corrected chi connectivity index (χ3v) is 12.1. The number of nitrogens with zero attached hydrogens (tertiary/aromatic N) is 2. The van der Waals surface area contributed by atoms with Crippen molar-refractivity contribution < 1.29 is 16.8 Å². The molecule has 8 heteroatoms. The van der Waals surface area contributed by atoms with Crippen LogP contribution in [0, 0.1) is 24.7 Å². The van der Waals surface area contributed by atoms with Crippen LogP contribution in [0.1, 0.15) is 44.2 Å². The fourth-order valence-corrected chi connectivity index (χ4v) is 8.89. The quantitative estimate of drug-likeness (QED) is 0.563. The monoisotopic (exact) mass is 514 g/mol. The van der Waals surface area contributed by atoms with Gasteiger partial charge in [0.2, 0.25) is 20.0 Å². The van der Waals surface area contributed by atoms with Crippen molar-refractivity contribution in [2.75, 3.05) is 26.2 Å². The number of fused-ring (bicyclic) bond motifs is 2. The highest BCUT2D eigenvalue weighted by molar-refractivity contribution is 7.89. The maximum atomic E-state index is 13.5. The maximum absolute atomic E-state index is 13.5. The van der Waals surface area contributed by atoms with Gasteiger partial charge in [0, 0.05) is 31.6 Å². The molecule has 2 aliphatic heterocycles. The van der Waals surface area contributed by atoms with Gasteiger partial charge in [-0.05, 0) is 73.9 Å². The Morgan fingerprint density at radius 2 is 1.06 bits per heavy atom. The van der Waals surface area contributed by atoms with E-state index < -0.39 is 20.0 Å². The zero-order chi connectivity index (χ0) is 25.2. The van der Waals surface area contributed by atoms with E-state index in [4.69, 9.17) is 0 Å². The van der Waals surface area contributed by atoms with Crippen molar-refractivity contribution >= 4 is 20.0 Å². The lowest BCUT2D eigenvalue weighted by molar-refractivity contribution is 0.176. The number of piperidine rings is 1. The summed E-state index contributed by atoms with van der Waals surface area (Å²) < 4.78 is 57.2. The van der Waals surface area contributed by atoms with Crippen LogP contribution < -0.4 is 0 Å². The fraction of sp³-hybridized carbons (Fsp3) is 0.481. The van der Waals surface area contributed by atoms with Gasteiger partial charge in [-0.2, -0.15) is 8.61 Å². The summed E-state index contributed by atoms with van der Waals surface area (Å²) in [6.07, 6.45) is 2.60. The van der Waals surface area contributed by atoms with Crippen molar-refractivity contribution in [1.82, 2.24) is 8.61 Å². The first-order chi connectivity index (χ1) is 16.3. The first kappa shape index (κ1) is 24.7. The normalized spacial score (nSPS) is 28.1. The minimum atomic E-state index is -3.63. The highest BCUT2D eigenvalue weighted by Crippen LogP contribution is 2.56. The van der Waals surface area contributed by atoms with Crippen LogP contribution >= 0.6 is 0 Å². The smallest absolute Gasteiger partial charge is 0.207 e. The van der Waals surface area contributed by atoms with Crippen molar-refractivity contribution in [1.29, 1.82) is 0 Å². The molecule has 2 saturated heterocycles.